The highest BCUT2D eigenvalue weighted by Gasteiger charge is 2.10. The first-order valence-corrected chi connectivity index (χ1v) is 6.69. The zero-order chi connectivity index (χ0) is 14.5. The normalized spacial score (nSPS) is 10.6. The Bertz CT molecular complexity index is 573. The summed E-state index contributed by atoms with van der Waals surface area (Å²) in [5.41, 5.74) is 1.56. The average molecular weight is 273 g/mol. The van der Waals surface area contributed by atoms with Crippen LogP contribution in [-0.4, -0.2) is 22.7 Å². The Morgan fingerprint density at radius 1 is 1.35 bits per heavy atom. The molecule has 0 saturated heterocycles. The van der Waals surface area contributed by atoms with E-state index in [0.29, 0.717) is 23.9 Å². The van der Waals surface area contributed by atoms with Gasteiger partial charge in [-0.2, -0.15) is 5.10 Å². The second-order valence-electron chi connectivity index (χ2n) is 4.77. The summed E-state index contributed by atoms with van der Waals surface area (Å²) in [7, 11) is 0. The summed E-state index contributed by atoms with van der Waals surface area (Å²) in [4.78, 5) is 12.1. The number of carbonyl (C=O) groups excluding carboxylic acids is 1. The van der Waals surface area contributed by atoms with E-state index in [0.717, 1.165) is 11.4 Å². The van der Waals surface area contributed by atoms with Gasteiger partial charge in [0.25, 0.3) is 5.91 Å². The minimum absolute atomic E-state index is 0.185. The van der Waals surface area contributed by atoms with Crippen LogP contribution in [0.2, 0.25) is 0 Å². The van der Waals surface area contributed by atoms with E-state index in [9.17, 15) is 4.79 Å². The predicted octanol–water partition coefficient (Wildman–Crippen LogP) is 3.18. The summed E-state index contributed by atoms with van der Waals surface area (Å²) in [6.45, 7) is 6.65. The third kappa shape index (κ3) is 3.38. The second-order valence-corrected chi connectivity index (χ2v) is 4.77. The van der Waals surface area contributed by atoms with Gasteiger partial charge in [0, 0.05) is 17.3 Å². The molecular weight excluding hydrogens is 254 g/mol. The van der Waals surface area contributed by atoms with Gasteiger partial charge in [0.15, 0.2) is 5.82 Å². The van der Waals surface area contributed by atoms with E-state index in [1.54, 1.807) is 24.3 Å². The lowest BCUT2D eigenvalue weighted by Crippen LogP contribution is -2.12. The molecule has 0 atom stereocenters. The minimum Gasteiger partial charge on any atom is -0.494 e. The molecule has 0 radical (unpaired) electrons. The number of nitrogens with one attached hydrogen (secondary N) is 2. The van der Waals surface area contributed by atoms with E-state index in [1.165, 1.54) is 0 Å². The van der Waals surface area contributed by atoms with Gasteiger partial charge in [0.2, 0.25) is 0 Å². The summed E-state index contributed by atoms with van der Waals surface area (Å²) in [5, 5.41) is 9.73. The van der Waals surface area contributed by atoms with E-state index in [2.05, 4.69) is 29.4 Å². The van der Waals surface area contributed by atoms with E-state index in [4.69, 9.17) is 4.74 Å². The van der Waals surface area contributed by atoms with Crippen molar-refractivity contribution in [3.63, 3.8) is 0 Å². The van der Waals surface area contributed by atoms with Crippen molar-refractivity contribution < 1.29 is 9.53 Å². The van der Waals surface area contributed by atoms with Crippen LogP contribution in [0.4, 0.5) is 5.82 Å². The topological polar surface area (TPSA) is 67.0 Å². The Hall–Kier alpha value is -2.30. The molecule has 1 amide bonds. The molecule has 0 unspecified atom stereocenters. The number of H-pyrrole nitrogens is 1. The summed E-state index contributed by atoms with van der Waals surface area (Å²) in [6.07, 6.45) is 0. The number of ether oxygens (including phenoxy) is 1. The SMILES string of the molecule is CCOc1ccc(C(=O)Nc2cc(C(C)C)[nH]n2)cc1. The first-order chi connectivity index (χ1) is 9.60. The van der Waals surface area contributed by atoms with Crippen molar-refractivity contribution in [3.8, 4) is 5.75 Å². The minimum atomic E-state index is -0.185. The maximum Gasteiger partial charge on any atom is 0.256 e. The first kappa shape index (κ1) is 14.1. The van der Waals surface area contributed by atoms with Crippen LogP contribution in [-0.2, 0) is 0 Å². The van der Waals surface area contributed by atoms with E-state index < -0.39 is 0 Å². The van der Waals surface area contributed by atoms with Gasteiger partial charge in [-0.1, -0.05) is 13.8 Å². The van der Waals surface area contributed by atoms with Crippen molar-refractivity contribution in [2.24, 2.45) is 0 Å². The molecule has 1 aromatic heterocycles. The standard InChI is InChI=1S/C15H19N3O2/c1-4-20-12-7-5-11(6-8-12)15(19)16-14-9-13(10(2)3)17-18-14/h5-10H,4H2,1-3H3,(H2,16,17,18,19). The molecule has 0 aliphatic rings. The summed E-state index contributed by atoms with van der Waals surface area (Å²) >= 11 is 0. The van der Waals surface area contributed by atoms with Gasteiger partial charge in [-0.05, 0) is 37.1 Å². The summed E-state index contributed by atoms with van der Waals surface area (Å²) in [6, 6.07) is 8.87. The fourth-order valence-electron chi connectivity index (χ4n) is 1.75. The maximum atomic E-state index is 12.1. The second kappa shape index (κ2) is 6.23. The monoisotopic (exact) mass is 273 g/mol. The number of aromatic amines is 1. The molecule has 0 spiro atoms. The lowest BCUT2D eigenvalue weighted by molar-refractivity contribution is 0.102. The molecule has 0 fully saturated rings. The Morgan fingerprint density at radius 3 is 2.60 bits per heavy atom. The molecule has 2 rings (SSSR count). The van der Waals surface area contributed by atoms with Crippen molar-refractivity contribution in [1.82, 2.24) is 10.2 Å². The van der Waals surface area contributed by atoms with Crippen LogP contribution in [0.15, 0.2) is 30.3 Å². The highest BCUT2D eigenvalue weighted by molar-refractivity contribution is 6.03. The van der Waals surface area contributed by atoms with E-state index >= 15 is 0 Å². The summed E-state index contributed by atoms with van der Waals surface area (Å²) < 4.78 is 5.34. The highest BCUT2D eigenvalue weighted by atomic mass is 16.5. The molecule has 20 heavy (non-hydrogen) atoms. The van der Waals surface area contributed by atoms with Crippen LogP contribution >= 0.6 is 0 Å². The molecule has 0 bridgehead atoms. The van der Waals surface area contributed by atoms with Gasteiger partial charge in [-0.15, -0.1) is 0 Å². The lowest BCUT2D eigenvalue weighted by atomic mass is 10.1. The van der Waals surface area contributed by atoms with Gasteiger partial charge in [-0.25, -0.2) is 0 Å². The Kier molecular flexibility index (Phi) is 4.40. The van der Waals surface area contributed by atoms with Crippen molar-refractivity contribution in [2.45, 2.75) is 26.7 Å². The van der Waals surface area contributed by atoms with Crippen LogP contribution in [0.5, 0.6) is 5.75 Å². The highest BCUT2D eigenvalue weighted by Crippen LogP contribution is 2.16. The van der Waals surface area contributed by atoms with Crippen molar-refractivity contribution in [1.29, 1.82) is 0 Å². The van der Waals surface area contributed by atoms with Crippen LogP contribution in [0.3, 0.4) is 0 Å². The molecule has 1 aromatic carbocycles. The molecule has 5 heteroatoms. The molecule has 0 aliphatic carbocycles. The third-order valence-electron chi connectivity index (χ3n) is 2.89. The fraction of sp³-hybridized carbons (Fsp3) is 0.333. The molecule has 106 valence electrons. The Balaban J connectivity index is 2.03. The number of hydrogen-bond donors (Lipinski definition) is 2. The number of benzene rings is 1. The molecule has 2 N–H and O–H groups in total. The smallest absolute Gasteiger partial charge is 0.256 e. The average Bonchev–Trinajstić information content (AvgIpc) is 2.88. The van der Waals surface area contributed by atoms with Crippen LogP contribution in [0.1, 0.15) is 42.7 Å². The maximum absolute atomic E-state index is 12.1. The number of nitrogens with zero attached hydrogens (tertiary/aromatic N) is 1. The van der Waals surface area contributed by atoms with Gasteiger partial charge >= 0.3 is 0 Å². The number of hydrogen-bond acceptors (Lipinski definition) is 3. The number of aromatic nitrogens is 2. The zero-order valence-electron chi connectivity index (χ0n) is 11.9. The fourth-order valence-corrected chi connectivity index (χ4v) is 1.75. The van der Waals surface area contributed by atoms with Gasteiger partial charge in [0.05, 0.1) is 6.61 Å². The van der Waals surface area contributed by atoms with Crippen molar-refractivity contribution in [3.05, 3.63) is 41.6 Å². The van der Waals surface area contributed by atoms with E-state index in [-0.39, 0.29) is 5.91 Å². The Labute approximate surface area is 118 Å². The summed E-state index contributed by atoms with van der Waals surface area (Å²) in [5.74, 6) is 1.45. The molecule has 1 heterocycles. The molecule has 5 nitrogen and oxygen atoms in total. The zero-order valence-corrected chi connectivity index (χ0v) is 11.9. The lowest BCUT2D eigenvalue weighted by Gasteiger charge is -2.04. The number of rotatable bonds is 5. The van der Waals surface area contributed by atoms with Crippen molar-refractivity contribution in [2.75, 3.05) is 11.9 Å². The molecule has 2 aromatic rings. The van der Waals surface area contributed by atoms with Crippen molar-refractivity contribution >= 4 is 11.7 Å². The largest absolute Gasteiger partial charge is 0.494 e. The first-order valence-electron chi connectivity index (χ1n) is 6.69. The van der Waals surface area contributed by atoms with Crippen LogP contribution in [0, 0.1) is 0 Å². The number of amides is 1. The quantitative estimate of drug-likeness (QED) is 0.879. The van der Waals surface area contributed by atoms with Gasteiger partial charge in [0.1, 0.15) is 5.75 Å². The predicted molar refractivity (Wildman–Crippen MR) is 78.2 cm³/mol. The Morgan fingerprint density at radius 2 is 2.05 bits per heavy atom. The number of anilines is 1. The molecular formula is C15H19N3O2. The third-order valence-corrected chi connectivity index (χ3v) is 2.89. The molecule has 0 aliphatic heterocycles. The van der Waals surface area contributed by atoms with Gasteiger partial charge < -0.3 is 10.1 Å². The number of carbonyl (C=O) groups is 1. The van der Waals surface area contributed by atoms with Crippen LogP contribution < -0.4 is 10.1 Å². The van der Waals surface area contributed by atoms with E-state index in [1.807, 2.05) is 13.0 Å². The van der Waals surface area contributed by atoms with Crippen LogP contribution in [0.25, 0.3) is 0 Å². The van der Waals surface area contributed by atoms with Gasteiger partial charge in [-0.3, -0.25) is 9.89 Å². The molecule has 0 saturated carbocycles.